The molecule has 17 heavy (non-hydrogen) atoms. The molecule has 96 valence electrons. The number of hydrogen-bond donors (Lipinski definition) is 1. The van der Waals surface area contributed by atoms with Crippen molar-refractivity contribution in [3.8, 4) is 0 Å². The Kier molecular flexibility index (Phi) is 7.43. The minimum atomic E-state index is -0.779. The van der Waals surface area contributed by atoms with Crippen LogP contribution in [-0.2, 0) is 11.2 Å². The lowest BCUT2D eigenvalue weighted by Crippen LogP contribution is -2.37. The molecule has 1 rings (SSSR count). The summed E-state index contributed by atoms with van der Waals surface area (Å²) in [6.07, 6.45) is 0.862. The Balaban J connectivity index is 0.00000256. The Morgan fingerprint density at radius 1 is 1.41 bits per heavy atom. The van der Waals surface area contributed by atoms with Crippen molar-refractivity contribution in [2.24, 2.45) is 0 Å². The number of nitrogens with zero attached hydrogens (tertiary/aromatic N) is 1. The number of carbonyl (C=O) groups is 1. The van der Waals surface area contributed by atoms with Crippen LogP contribution in [0.25, 0.3) is 0 Å². The topological polar surface area (TPSA) is 40.5 Å². The second-order valence-electron chi connectivity index (χ2n) is 3.87. The standard InChI is InChI=1S/C12H16BrNO2.ClH/c1-9(12(15)16)14(2)8-7-10-3-5-11(13)6-4-10;/h3-6,9H,7-8H2,1-2H3,(H,15,16);1H. The van der Waals surface area contributed by atoms with Crippen molar-refractivity contribution in [1.82, 2.24) is 4.90 Å². The first-order valence-corrected chi connectivity index (χ1v) is 5.97. The predicted octanol–water partition coefficient (Wildman–Crippen LogP) is 2.82. The van der Waals surface area contributed by atoms with Crippen LogP contribution in [0, 0.1) is 0 Å². The summed E-state index contributed by atoms with van der Waals surface area (Å²) in [7, 11) is 1.83. The van der Waals surface area contributed by atoms with E-state index in [1.165, 1.54) is 5.56 Å². The zero-order valence-electron chi connectivity index (χ0n) is 9.89. The Morgan fingerprint density at radius 2 is 1.94 bits per heavy atom. The molecule has 0 aliphatic carbocycles. The van der Waals surface area contributed by atoms with Crippen molar-refractivity contribution in [1.29, 1.82) is 0 Å². The summed E-state index contributed by atoms with van der Waals surface area (Å²) < 4.78 is 1.06. The molecule has 5 heteroatoms. The molecule has 0 fully saturated rings. The number of carboxylic acid groups (broad SMARTS) is 1. The minimum Gasteiger partial charge on any atom is -0.480 e. The maximum atomic E-state index is 10.7. The van der Waals surface area contributed by atoms with E-state index in [1.807, 2.05) is 36.2 Å². The van der Waals surface area contributed by atoms with Crippen molar-refractivity contribution in [2.75, 3.05) is 13.6 Å². The average molecular weight is 323 g/mol. The first-order valence-electron chi connectivity index (χ1n) is 5.18. The van der Waals surface area contributed by atoms with Gasteiger partial charge in [0.15, 0.2) is 0 Å². The molecule has 0 saturated carbocycles. The molecule has 1 aromatic rings. The molecule has 0 radical (unpaired) electrons. The molecule has 0 heterocycles. The summed E-state index contributed by atoms with van der Waals surface area (Å²) >= 11 is 3.38. The van der Waals surface area contributed by atoms with Crippen LogP contribution in [0.3, 0.4) is 0 Å². The quantitative estimate of drug-likeness (QED) is 0.906. The van der Waals surface area contributed by atoms with E-state index in [1.54, 1.807) is 6.92 Å². The van der Waals surface area contributed by atoms with Gasteiger partial charge in [-0.15, -0.1) is 12.4 Å². The zero-order chi connectivity index (χ0) is 12.1. The highest BCUT2D eigenvalue weighted by molar-refractivity contribution is 9.10. The molecule has 0 amide bonds. The summed E-state index contributed by atoms with van der Waals surface area (Å²) in [4.78, 5) is 12.6. The van der Waals surface area contributed by atoms with Gasteiger partial charge in [-0.05, 0) is 38.1 Å². The van der Waals surface area contributed by atoms with E-state index >= 15 is 0 Å². The fourth-order valence-corrected chi connectivity index (χ4v) is 1.60. The van der Waals surface area contributed by atoms with Gasteiger partial charge in [0.25, 0.3) is 0 Å². The first-order chi connectivity index (χ1) is 7.50. The summed E-state index contributed by atoms with van der Waals surface area (Å²) in [5.41, 5.74) is 1.22. The normalized spacial score (nSPS) is 12.0. The molecule has 0 aliphatic rings. The van der Waals surface area contributed by atoms with Crippen LogP contribution in [0.1, 0.15) is 12.5 Å². The lowest BCUT2D eigenvalue weighted by Gasteiger charge is -2.20. The van der Waals surface area contributed by atoms with Gasteiger partial charge >= 0.3 is 5.97 Å². The second-order valence-corrected chi connectivity index (χ2v) is 4.79. The van der Waals surface area contributed by atoms with Crippen LogP contribution in [0.2, 0.25) is 0 Å². The third-order valence-corrected chi connectivity index (χ3v) is 3.21. The predicted molar refractivity (Wildman–Crippen MR) is 74.8 cm³/mol. The van der Waals surface area contributed by atoms with E-state index in [-0.39, 0.29) is 12.4 Å². The molecular formula is C12H17BrClNO2. The Bertz CT molecular complexity index is 356. The summed E-state index contributed by atoms with van der Waals surface area (Å²) in [6.45, 7) is 2.44. The molecule has 3 nitrogen and oxygen atoms in total. The van der Waals surface area contributed by atoms with E-state index in [4.69, 9.17) is 5.11 Å². The largest absolute Gasteiger partial charge is 0.480 e. The third kappa shape index (κ3) is 5.52. The van der Waals surface area contributed by atoms with Gasteiger partial charge in [0, 0.05) is 11.0 Å². The molecule has 1 N–H and O–H groups in total. The smallest absolute Gasteiger partial charge is 0.320 e. The summed E-state index contributed by atoms with van der Waals surface area (Å²) in [5.74, 6) is -0.779. The fourth-order valence-electron chi connectivity index (χ4n) is 1.34. The molecule has 1 atom stereocenters. The zero-order valence-corrected chi connectivity index (χ0v) is 12.3. The molecule has 0 saturated heterocycles. The van der Waals surface area contributed by atoms with Gasteiger partial charge in [-0.2, -0.15) is 0 Å². The van der Waals surface area contributed by atoms with E-state index in [9.17, 15) is 4.79 Å². The van der Waals surface area contributed by atoms with Crippen molar-refractivity contribution < 1.29 is 9.90 Å². The van der Waals surface area contributed by atoms with Gasteiger partial charge in [-0.3, -0.25) is 9.69 Å². The first kappa shape index (κ1) is 16.4. The summed E-state index contributed by atoms with van der Waals surface area (Å²) in [6, 6.07) is 7.65. The Labute approximate surface area is 116 Å². The van der Waals surface area contributed by atoms with Crippen molar-refractivity contribution in [3.05, 3.63) is 34.3 Å². The Morgan fingerprint density at radius 3 is 2.41 bits per heavy atom. The number of carboxylic acids is 1. The maximum Gasteiger partial charge on any atom is 0.320 e. The van der Waals surface area contributed by atoms with Crippen LogP contribution in [0.4, 0.5) is 0 Å². The highest BCUT2D eigenvalue weighted by Gasteiger charge is 2.15. The van der Waals surface area contributed by atoms with Crippen molar-refractivity contribution in [2.45, 2.75) is 19.4 Å². The van der Waals surface area contributed by atoms with Crippen LogP contribution in [0.5, 0.6) is 0 Å². The highest BCUT2D eigenvalue weighted by Crippen LogP contribution is 2.11. The number of halogens is 2. The SMILES string of the molecule is CC(C(=O)O)N(C)CCc1ccc(Br)cc1.Cl. The van der Waals surface area contributed by atoms with Crippen molar-refractivity contribution >= 4 is 34.3 Å². The lowest BCUT2D eigenvalue weighted by molar-refractivity contribution is -0.142. The second kappa shape index (κ2) is 7.69. The van der Waals surface area contributed by atoms with Gasteiger partial charge in [-0.25, -0.2) is 0 Å². The fraction of sp³-hybridized carbons (Fsp3) is 0.417. The number of benzene rings is 1. The van der Waals surface area contributed by atoms with E-state index < -0.39 is 12.0 Å². The van der Waals surface area contributed by atoms with E-state index in [2.05, 4.69) is 15.9 Å². The molecule has 0 aliphatic heterocycles. The monoisotopic (exact) mass is 321 g/mol. The molecular weight excluding hydrogens is 305 g/mol. The van der Waals surface area contributed by atoms with Crippen LogP contribution in [0.15, 0.2) is 28.7 Å². The highest BCUT2D eigenvalue weighted by atomic mass is 79.9. The van der Waals surface area contributed by atoms with Crippen molar-refractivity contribution in [3.63, 3.8) is 0 Å². The van der Waals surface area contributed by atoms with Gasteiger partial charge in [0.05, 0.1) is 0 Å². The van der Waals surface area contributed by atoms with E-state index in [0.717, 1.165) is 17.4 Å². The van der Waals surface area contributed by atoms with Gasteiger partial charge in [0.2, 0.25) is 0 Å². The van der Waals surface area contributed by atoms with Gasteiger partial charge in [0.1, 0.15) is 6.04 Å². The van der Waals surface area contributed by atoms with Crippen LogP contribution >= 0.6 is 28.3 Å². The van der Waals surface area contributed by atoms with Crippen LogP contribution < -0.4 is 0 Å². The molecule has 1 aromatic carbocycles. The maximum absolute atomic E-state index is 10.7. The van der Waals surface area contributed by atoms with Gasteiger partial charge in [-0.1, -0.05) is 28.1 Å². The number of aliphatic carboxylic acids is 1. The Hall–Kier alpha value is -0.580. The molecule has 1 unspecified atom stereocenters. The number of likely N-dealkylation sites (N-methyl/N-ethyl adjacent to an activating group) is 1. The average Bonchev–Trinajstić information content (AvgIpc) is 2.26. The van der Waals surface area contributed by atoms with Gasteiger partial charge < -0.3 is 5.11 Å². The number of hydrogen-bond acceptors (Lipinski definition) is 2. The summed E-state index contributed by atoms with van der Waals surface area (Å²) in [5, 5.41) is 8.84. The lowest BCUT2D eigenvalue weighted by atomic mass is 10.1. The number of rotatable bonds is 5. The van der Waals surface area contributed by atoms with E-state index in [0.29, 0.717) is 0 Å². The minimum absolute atomic E-state index is 0. The third-order valence-electron chi connectivity index (χ3n) is 2.68. The molecule has 0 aromatic heterocycles. The van der Waals surface area contributed by atoms with Crippen LogP contribution in [-0.4, -0.2) is 35.6 Å². The molecule has 0 spiro atoms. The molecule has 0 bridgehead atoms.